The number of nitrogen functional groups attached to an aromatic ring is 1. The number of carbonyl (C=O) groups excluding carboxylic acids is 3. The van der Waals surface area contributed by atoms with Gasteiger partial charge in [-0.1, -0.05) is 56.3 Å². The van der Waals surface area contributed by atoms with Gasteiger partial charge in [-0.3, -0.25) is 19.8 Å². The predicted octanol–water partition coefficient (Wildman–Crippen LogP) is 1.46. The Balaban J connectivity index is 2.28. The molecule has 0 aliphatic carbocycles. The standard InChI is InChI=1S/C22H27N5O3/c1-13(2)11-17(20(25)28)26-22(30)18(14-7-4-3-5-8-14)27-21(29)16-10-6-9-15(12-16)19(23)24/h3-10,12-13,17-18H,11H2,1-2H3,(H3,23,24)(H2,25,28)(H,26,30)(H,27,29)/t17-,18-/m1/s1. The fraction of sp³-hybridized carbons (Fsp3) is 0.273. The number of amidine groups is 1. The van der Waals surface area contributed by atoms with E-state index in [0.29, 0.717) is 17.5 Å². The van der Waals surface area contributed by atoms with Gasteiger partial charge in [0.2, 0.25) is 11.8 Å². The minimum Gasteiger partial charge on any atom is -0.384 e. The lowest BCUT2D eigenvalue weighted by Crippen LogP contribution is -2.49. The van der Waals surface area contributed by atoms with Crippen molar-refractivity contribution < 1.29 is 14.4 Å². The van der Waals surface area contributed by atoms with Crippen LogP contribution < -0.4 is 22.1 Å². The van der Waals surface area contributed by atoms with E-state index in [1.165, 1.54) is 6.07 Å². The second-order valence-corrected chi connectivity index (χ2v) is 7.40. The Labute approximate surface area is 175 Å². The van der Waals surface area contributed by atoms with E-state index in [1.807, 2.05) is 13.8 Å². The van der Waals surface area contributed by atoms with Crippen LogP contribution in [-0.4, -0.2) is 29.6 Å². The molecule has 0 fully saturated rings. The van der Waals surface area contributed by atoms with E-state index in [0.717, 1.165) is 0 Å². The molecule has 8 heteroatoms. The third-order valence-corrected chi connectivity index (χ3v) is 4.47. The highest BCUT2D eigenvalue weighted by Crippen LogP contribution is 2.16. The van der Waals surface area contributed by atoms with Crippen LogP contribution in [0, 0.1) is 11.3 Å². The summed E-state index contributed by atoms with van der Waals surface area (Å²) in [5, 5.41) is 12.9. The largest absolute Gasteiger partial charge is 0.384 e. The van der Waals surface area contributed by atoms with Crippen LogP contribution >= 0.6 is 0 Å². The molecule has 0 aliphatic rings. The molecule has 0 unspecified atom stereocenters. The summed E-state index contributed by atoms with van der Waals surface area (Å²) in [5.41, 5.74) is 12.1. The van der Waals surface area contributed by atoms with E-state index < -0.39 is 29.8 Å². The van der Waals surface area contributed by atoms with Crippen molar-refractivity contribution in [2.24, 2.45) is 17.4 Å². The van der Waals surface area contributed by atoms with Crippen LogP contribution in [0.4, 0.5) is 0 Å². The summed E-state index contributed by atoms with van der Waals surface area (Å²) in [7, 11) is 0. The first-order valence-corrected chi connectivity index (χ1v) is 9.59. The monoisotopic (exact) mass is 409 g/mol. The Morgan fingerprint density at radius 3 is 2.13 bits per heavy atom. The SMILES string of the molecule is CC(C)C[C@@H](NC(=O)[C@H](NC(=O)c1cccc(C(=N)N)c1)c1ccccc1)C(N)=O. The second-order valence-electron chi connectivity index (χ2n) is 7.40. The van der Waals surface area contributed by atoms with E-state index in [-0.39, 0.29) is 17.3 Å². The third-order valence-electron chi connectivity index (χ3n) is 4.47. The highest BCUT2D eigenvalue weighted by molar-refractivity contribution is 6.01. The maximum atomic E-state index is 13.0. The number of carbonyl (C=O) groups is 3. The molecule has 8 nitrogen and oxygen atoms in total. The maximum Gasteiger partial charge on any atom is 0.252 e. The number of benzene rings is 2. The lowest BCUT2D eigenvalue weighted by molar-refractivity contribution is -0.128. The molecular formula is C22H27N5O3. The summed E-state index contributed by atoms with van der Waals surface area (Å²) < 4.78 is 0. The number of primary amides is 1. The van der Waals surface area contributed by atoms with Gasteiger partial charge in [-0.25, -0.2) is 0 Å². The molecule has 2 atom stereocenters. The van der Waals surface area contributed by atoms with Crippen molar-refractivity contribution in [1.29, 1.82) is 5.41 Å². The first-order valence-electron chi connectivity index (χ1n) is 9.59. The Morgan fingerprint density at radius 1 is 0.933 bits per heavy atom. The number of amides is 3. The molecule has 0 saturated heterocycles. The summed E-state index contributed by atoms with van der Waals surface area (Å²) in [6, 6.07) is 13.1. The Hall–Kier alpha value is -3.68. The quantitative estimate of drug-likeness (QED) is 0.314. The molecular weight excluding hydrogens is 382 g/mol. The van der Waals surface area contributed by atoms with Gasteiger partial charge in [0.1, 0.15) is 17.9 Å². The highest BCUT2D eigenvalue weighted by Gasteiger charge is 2.27. The van der Waals surface area contributed by atoms with Crippen molar-refractivity contribution in [3.05, 3.63) is 71.3 Å². The van der Waals surface area contributed by atoms with Crippen LogP contribution in [0.25, 0.3) is 0 Å². The van der Waals surface area contributed by atoms with Crippen molar-refractivity contribution in [3.63, 3.8) is 0 Å². The summed E-state index contributed by atoms with van der Waals surface area (Å²) in [6.45, 7) is 3.83. The molecule has 0 aromatic heterocycles. The number of hydrogen-bond donors (Lipinski definition) is 5. The van der Waals surface area contributed by atoms with Gasteiger partial charge in [0.05, 0.1) is 0 Å². The van der Waals surface area contributed by atoms with Crippen LogP contribution in [0.2, 0.25) is 0 Å². The van der Waals surface area contributed by atoms with Gasteiger partial charge in [0.25, 0.3) is 5.91 Å². The van der Waals surface area contributed by atoms with E-state index in [2.05, 4.69) is 10.6 Å². The molecule has 0 saturated carbocycles. The third kappa shape index (κ3) is 6.16. The smallest absolute Gasteiger partial charge is 0.252 e. The summed E-state index contributed by atoms with van der Waals surface area (Å²) in [6.07, 6.45) is 0.386. The van der Waals surface area contributed by atoms with Crippen molar-refractivity contribution in [1.82, 2.24) is 10.6 Å². The molecule has 0 bridgehead atoms. The van der Waals surface area contributed by atoms with Crippen molar-refractivity contribution in [2.75, 3.05) is 0 Å². The molecule has 0 heterocycles. The van der Waals surface area contributed by atoms with Crippen LogP contribution in [0.15, 0.2) is 54.6 Å². The number of nitrogens with one attached hydrogen (secondary N) is 3. The van der Waals surface area contributed by atoms with Crippen LogP contribution in [0.1, 0.15) is 47.8 Å². The van der Waals surface area contributed by atoms with Crippen LogP contribution in [0.3, 0.4) is 0 Å². The number of rotatable bonds is 9. The van der Waals surface area contributed by atoms with E-state index >= 15 is 0 Å². The van der Waals surface area contributed by atoms with Crippen molar-refractivity contribution in [2.45, 2.75) is 32.4 Å². The van der Waals surface area contributed by atoms with Gasteiger partial charge in [-0.15, -0.1) is 0 Å². The maximum absolute atomic E-state index is 13.0. The van der Waals surface area contributed by atoms with Gasteiger partial charge in [-0.05, 0) is 30.0 Å². The molecule has 2 rings (SSSR count). The lowest BCUT2D eigenvalue weighted by Gasteiger charge is -2.23. The highest BCUT2D eigenvalue weighted by atomic mass is 16.2. The van der Waals surface area contributed by atoms with Gasteiger partial charge in [0, 0.05) is 11.1 Å². The molecule has 3 amide bonds. The summed E-state index contributed by atoms with van der Waals surface area (Å²) >= 11 is 0. The molecule has 2 aromatic carbocycles. The van der Waals surface area contributed by atoms with Gasteiger partial charge < -0.3 is 22.1 Å². The molecule has 158 valence electrons. The average Bonchev–Trinajstić information content (AvgIpc) is 2.71. The van der Waals surface area contributed by atoms with Crippen LogP contribution in [-0.2, 0) is 9.59 Å². The summed E-state index contributed by atoms with van der Waals surface area (Å²) in [5.74, 6) is -1.71. The summed E-state index contributed by atoms with van der Waals surface area (Å²) in [4.78, 5) is 37.6. The minimum atomic E-state index is -1.03. The first kappa shape index (κ1) is 22.6. The molecule has 0 radical (unpaired) electrons. The molecule has 2 aromatic rings. The van der Waals surface area contributed by atoms with Gasteiger partial charge in [-0.2, -0.15) is 0 Å². The Kier molecular flexibility index (Phi) is 7.69. The van der Waals surface area contributed by atoms with Gasteiger partial charge in [0.15, 0.2) is 0 Å². The Bertz CT molecular complexity index is 927. The molecule has 0 spiro atoms. The molecule has 7 N–H and O–H groups in total. The zero-order chi connectivity index (χ0) is 22.3. The van der Waals surface area contributed by atoms with E-state index in [9.17, 15) is 14.4 Å². The predicted molar refractivity (Wildman–Crippen MR) is 115 cm³/mol. The van der Waals surface area contributed by atoms with Crippen LogP contribution in [0.5, 0.6) is 0 Å². The Morgan fingerprint density at radius 2 is 1.57 bits per heavy atom. The van der Waals surface area contributed by atoms with E-state index in [4.69, 9.17) is 16.9 Å². The zero-order valence-corrected chi connectivity index (χ0v) is 17.0. The van der Waals surface area contributed by atoms with Crippen molar-refractivity contribution >= 4 is 23.6 Å². The average molecular weight is 409 g/mol. The first-order chi connectivity index (χ1) is 14.2. The lowest BCUT2D eigenvalue weighted by atomic mass is 10.0. The molecule has 30 heavy (non-hydrogen) atoms. The number of hydrogen-bond acceptors (Lipinski definition) is 4. The minimum absolute atomic E-state index is 0.141. The molecule has 0 aliphatic heterocycles. The fourth-order valence-corrected chi connectivity index (χ4v) is 2.96. The van der Waals surface area contributed by atoms with E-state index in [1.54, 1.807) is 48.5 Å². The second kappa shape index (κ2) is 10.2. The van der Waals surface area contributed by atoms with Gasteiger partial charge >= 0.3 is 0 Å². The normalized spacial score (nSPS) is 12.6. The fourth-order valence-electron chi connectivity index (χ4n) is 2.96. The topological polar surface area (TPSA) is 151 Å². The zero-order valence-electron chi connectivity index (χ0n) is 17.0. The number of nitrogens with two attached hydrogens (primary N) is 2. The van der Waals surface area contributed by atoms with Crippen molar-refractivity contribution in [3.8, 4) is 0 Å².